The van der Waals surface area contributed by atoms with Crippen LogP contribution in [0.15, 0.2) is 44.0 Å². The predicted octanol–water partition coefficient (Wildman–Crippen LogP) is 5.06. The molecule has 0 aliphatic carbocycles. The minimum atomic E-state index is 0.388. The Morgan fingerprint density at radius 3 is 2.71 bits per heavy atom. The lowest BCUT2D eigenvalue weighted by Crippen LogP contribution is -2.25. The minimum absolute atomic E-state index is 0.388. The SMILES string of the molecule is CNC(CCN(C)Cc1csc(Br)c1)c1cccc(Br)c1. The van der Waals surface area contributed by atoms with Crippen LogP contribution in [0.2, 0.25) is 0 Å². The molecule has 1 N–H and O–H groups in total. The number of rotatable bonds is 7. The summed E-state index contributed by atoms with van der Waals surface area (Å²) in [6, 6.07) is 11.1. The van der Waals surface area contributed by atoms with Crippen molar-refractivity contribution in [3.8, 4) is 0 Å². The first kappa shape index (κ1) is 17.2. The molecule has 1 atom stereocenters. The maximum absolute atomic E-state index is 3.54. The highest BCUT2D eigenvalue weighted by atomic mass is 79.9. The van der Waals surface area contributed by atoms with Gasteiger partial charge in [0.25, 0.3) is 0 Å². The second kappa shape index (κ2) is 8.44. The number of halogens is 2. The van der Waals surface area contributed by atoms with E-state index in [0.29, 0.717) is 6.04 Å². The molecule has 0 aliphatic heterocycles. The topological polar surface area (TPSA) is 15.3 Å². The predicted molar refractivity (Wildman–Crippen MR) is 98.9 cm³/mol. The third-order valence-corrected chi connectivity index (χ3v) is 5.52. The standard InChI is InChI=1S/C16H20Br2N2S/c1-19-15(13-4-3-5-14(17)9-13)6-7-20(2)10-12-8-16(18)21-11-12/h3-5,8-9,11,15,19H,6-7,10H2,1-2H3. The molecule has 0 amide bonds. The number of thiophene rings is 1. The zero-order valence-electron chi connectivity index (χ0n) is 12.3. The zero-order chi connectivity index (χ0) is 15.2. The molecule has 0 aliphatic rings. The van der Waals surface area contributed by atoms with E-state index in [4.69, 9.17) is 0 Å². The Morgan fingerprint density at radius 1 is 1.29 bits per heavy atom. The van der Waals surface area contributed by atoms with Gasteiger partial charge in [-0.1, -0.05) is 28.1 Å². The van der Waals surface area contributed by atoms with Gasteiger partial charge in [0.05, 0.1) is 3.79 Å². The van der Waals surface area contributed by atoms with Crippen molar-refractivity contribution in [1.29, 1.82) is 0 Å². The van der Waals surface area contributed by atoms with Crippen molar-refractivity contribution in [1.82, 2.24) is 10.2 Å². The van der Waals surface area contributed by atoms with Gasteiger partial charge in [-0.15, -0.1) is 11.3 Å². The minimum Gasteiger partial charge on any atom is -0.313 e. The third kappa shape index (κ3) is 5.49. The van der Waals surface area contributed by atoms with E-state index >= 15 is 0 Å². The Labute approximate surface area is 147 Å². The highest BCUT2D eigenvalue weighted by Gasteiger charge is 2.11. The average Bonchev–Trinajstić information content (AvgIpc) is 2.85. The molecule has 2 aromatic rings. The van der Waals surface area contributed by atoms with E-state index < -0.39 is 0 Å². The second-order valence-electron chi connectivity index (χ2n) is 5.18. The van der Waals surface area contributed by atoms with E-state index in [9.17, 15) is 0 Å². The van der Waals surface area contributed by atoms with Crippen molar-refractivity contribution >= 4 is 43.2 Å². The van der Waals surface area contributed by atoms with Crippen molar-refractivity contribution < 1.29 is 0 Å². The molecular formula is C16H20Br2N2S. The molecule has 1 unspecified atom stereocenters. The van der Waals surface area contributed by atoms with E-state index in [-0.39, 0.29) is 0 Å². The number of nitrogens with one attached hydrogen (secondary N) is 1. The summed E-state index contributed by atoms with van der Waals surface area (Å²) in [7, 11) is 4.21. The van der Waals surface area contributed by atoms with Gasteiger partial charge in [0.15, 0.2) is 0 Å². The summed E-state index contributed by atoms with van der Waals surface area (Å²) >= 11 is 8.81. The molecule has 0 spiro atoms. The molecule has 1 aromatic heterocycles. The summed E-state index contributed by atoms with van der Waals surface area (Å²) in [6.45, 7) is 2.06. The van der Waals surface area contributed by atoms with Crippen molar-refractivity contribution in [3.63, 3.8) is 0 Å². The monoisotopic (exact) mass is 430 g/mol. The molecule has 1 heterocycles. The maximum Gasteiger partial charge on any atom is 0.0701 e. The van der Waals surface area contributed by atoms with Crippen molar-refractivity contribution in [3.05, 3.63) is 55.1 Å². The number of hydrogen-bond acceptors (Lipinski definition) is 3. The fraction of sp³-hybridized carbons (Fsp3) is 0.375. The highest BCUT2D eigenvalue weighted by Crippen LogP contribution is 2.23. The number of hydrogen-bond donors (Lipinski definition) is 1. The first-order valence-corrected chi connectivity index (χ1v) is 9.39. The first-order chi connectivity index (χ1) is 10.1. The number of nitrogens with zero attached hydrogens (tertiary/aromatic N) is 1. The zero-order valence-corrected chi connectivity index (χ0v) is 16.3. The van der Waals surface area contributed by atoms with Gasteiger partial charge in [-0.3, -0.25) is 0 Å². The summed E-state index contributed by atoms with van der Waals surface area (Å²) < 4.78 is 2.34. The quantitative estimate of drug-likeness (QED) is 0.659. The lowest BCUT2D eigenvalue weighted by atomic mass is 10.0. The van der Waals surface area contributed by atoms with Gasteiger partial charge in [-0.05, 0) is 77.7 Å². The van der Waals surface area contributed by atoms with Crippen molar-refractivity contribution in [2.24, 2.45) is 0 Å². The fourth-order valence-electron chi connectivity index (χ4n) is 2.37. The lowest BCUT2D eigenvalue weighted by molar-refractivity contribution is 0.304. The van der Waals surface area contributed by atoms with Crippen LogP contribution in [-0.2, 0) is 6.54 Å². The van der Waals surface area contributed by atoms with Crippen LogP contribution in [-0.4, -0.2) is 25.5 Å². The van der Waals surface area contributed by atoms with E-state index in [0.717, 1.165) is 24.0 Å². The Morgan fingerprint density at radius 2 is 2.10 bits per heavy atom. The summed E-state index contributed by atoms with van der Waals surface area (Å²) in [5, 5.41) is 5.63. The summed E-state index contributed by atoms with van der Waals surface area (Å²) in [6.07, 6.45) is 1.09. The summed E-state index contributed by atoms with van der Waals surface area (Å²) in [5.41, 5.74) is 2.70. The van der Waals surface area contributed by atoms with Gasteiger partial charge in [0.1, 0.15) is 0 Å². The molecule has 0 saturated heterocycles. The molecule has 2 rings (SSSR count). The second-order valence-corrected chi connectivity index (χ2v) is 8.39. The Bertz CT molecular complexity index is 571. The van der Waals surface area contributed by atoms with Gasteiger partial charge in [0.2, 0.25) is 0 Å². The molecule has 114 valence electrons. The molecule has 0 saturated carbocycles. The Kier molecular flexibility index (Phi) is 6.89. The van der Waals surface area contributed by atoms with Gasteiger partial charge < -0.3 is 10.2 Å². The summed E-state index contributed by atoms with van der Waals surface area (Å²) in [5.74, 6) is 0. The van der Waals surface area contributed by atoms with Crippen molar-refractivity contribution in [2.45, 2.75) is 19.0 Å². The van der Waals surface area contributed by atoms with Crippen LogP contribution < -0.4 is 5.32 Å². The van der Waals surface area contributed by atoms with Crippen LogP contribution in [0, 0.1) is 0 Å². The first-order valence-electron chi connectivity index (χ1n) is 6.92. The number of benzene rings is 1. The summed E-state index contributed by atoms with van der Waals surface area (Å²) in [4.78, 5) is 2.37. The van der Waals surface area contributed by atoms with Crippen LogP contribution in [0.3, 0.4) is 0 Å². The fourth-order valence-corrected chi connectivity index (χ4v) is 3.99. The van der Waals surface area contributed by atoms with E-state index in [1.807, 2.05) is 7.05 Å². The average molecular weight is 432 g/mol. The normalized spacial score (nSPS) is 12.8. The van der Waals surface area contributed by atoms with Crippen LogP contribution in [0.25, 0.3) is 0 Å². The van der Waals surface area contributed by atoms with Crippen LogP contribution >= 0.6 is 43.2 Å². The van der Waals surface area contributed by atoms with Gasteiger partial charge in [-0.2, -0.15) is 0 Å². The molecule has 2 nitrogen and oxygen atoms in total. The molecule has 0 bridgehead atoms. The molecular weight excluding hydrogens is 412 g/mol. The van der Waals surface area contributed by atoms with Crippen LogP contribution in [0.5, 0.6) is 0 Å². The van der Waals surface area contributed by atoms with Gasteiger partial charge in [0, 0.05) is 17.1 Å². The highest BCUT2D eigenvalue weighted by molar-refractivity contribution is 9.11. The van der Waals surface area contributed by atoms with Crippen LogP contribution in [0.1, 0.15) is 23.6 Å². The Balaban J connectivity index is 1.87. The van der Waals surface area contributed by atoms with Crippen molar-refractivity contribution in [2.75, 3.05) is 20.6 Å². The van der Waals surface area contributed by atoms with Gasteiger partial charge in [-0.25, -0.2) is 0 Å². The molecule has 5 heteroatoms. The van der Waals surface area contributed by atoms with E-state index in [2.05, 4.69) is 84.8 Å². The van der Waals surface area contributed by atoms with E-state index in [1.165, 1.54) is 14.9 Å². The molecule has 21 heavy (non-hydrogen) atoms. The molecule has 0 fully saturated rings. The third-order valence-electron chi connectivity index (χ3n) is 3.47. The van der Waals surface area contributed by atoms with Gasteiger partial charge >= 0.3 is 0 Å². The van der Waals surface area contributed by atoms with Crippen LogP contribution in [0.4, 0.5) is 0 Å². The largest absolute Gasteiger partial charge is 0.313 e. The smallest absolute Gasteiger partial charge is 0.0701 e. The molecule has 0 radical (unpaired) electrons. The Hall–Kier alpha value is -0.200. The van der Waals surface area contributed by atoms with E-state index in [1.54, 1.807) is 11.3 Å². The maximum atomic E-state index is 3.54. The lowest BCUT2D eigenvalue weighted by Gasteiger charge is -2.21. The molecule has 1 aromatic carbocycles.